The molecule has 144 valence electrons. The Labute approximate surface area is 173 Å². The molecule has 4 atom stereocenters. The summed E-state index contributed by atoms with van der Waals surface area (Å²) >= 11 is 7.02. The van der Waals surface area contributed by atoms with E-state index >= 15 is 0 Å². The van der Waals surface area contributed by atoms with E-state index in [0.29, 0.717) is 18.5 Å². The predicted octanol–water partition coefficient (Wildman–Crippen LogP) is 2.09. The molecule has 1 aliphatic heterocycles. The van der Waals surface area contributed by atoms with Gasteiger partial charge in [0.25, 0.3) is 5.91 Å². The molecule has 1 aliphatic carbocycles. The minimum Gasteiger partial charge on any atom is -0.454 e. The Morgan fingerprint density at radius 2 is 1.59 bits per heavy atom. The van der Waals surface area contributed by atoms with Gasteiger partial charge in [0.05, 0.1) is 11.8 Å². The van der Waals surface area contributed by atoms with Crippen LogP contribution in [-0.2, 0) is 23.9 Å². The SMILES string of the molecule is O=C(COC(=O)CN1C(=O)[C@@H]2C[C@H](Br)[C@@H](Br)C[C@H]2C1=O)Nc1ccccc1. The molecule has 27 heavy (non-hydrogen) atoms. The third kappa shape index (κ3) is 4.57. The lowest BCUT2D eigenvalue weighted by molar-refractivity contribution is -0.154. The molecule has 1 aromatic carbocycles. The standard InChI is InChI=1S/C18H18Br2N2O5/c19-13-6-11-12(7-14(13)20)18(26)22(17(11)25)8-16(24)27-9-15(23)21-10-4-2-1-3-5-10/h1-5,11-14H,6-9H2,(H,21,23)/t11-,12-,13+,14+/m1/s1. The molecule has 1 heterocycles. The number of amides is 3. The van der Waals surface area contributed by atoms with Crippen molar-refractivity contribution in [2.45, 2.75) is 22.5 Å². The highest BCUT2D eigenvalue weighted by Gasteiger charge is 2.52. The first kappa shape index (κ1) is 20.0. The summed E-state index contributed by atoms with van der Waals surface area (Å²) in [5.74, 6) is -2.80. The maximum absolute atomic E-state index is 12.5. The minimum atomic E-state index is -0.788. The highest BCUT2D eigenvalue weighted by Crippen LogP contribution is 2.43. The van der Waals surface area contributed by atoms with Crippen molar-refractivity contribution in [1.29, 1.82) is 0 Å². The Bertz CT molecular complexity index is 729. The maximum Gasteiger partial charge on any atom is 0.326 e. The summed E-state index contributed by atoms with van der Waals surface area (Å²) in [5, 5.41) is 2.58. The number of fused-ring (bicyclic) bond motifs is 1. The van der Waals surface area contributed by atoms with Crippen molar-refractivity contribution in [3.8, 4) is 0 Å². The number of esters is 1. The molecule has 0 spiro atoms. The van der Waals surface area contributed by atoms with Crippen LogP contribution in [0.15, 0.2) is 30.3 Å². The number of likely N-dealkylation sites (tertiary alicyclic amines) is 1. The van der Waals surface area contributed by atoms with Gasteiger partial charge < -0.3 is 10.1 Å². The van der Waals surface area contributed by atoms with Gasteiger partial charge in [-0.15, -0.1) is 0 Å². The van der Waals surface area contributed by atoms with Gasteiger partial charge in [-0.05, 0) is 25.0 Å². The van der Waals surface area contributed by atoms with Gasteiger partial charge in [-0.3, -0.25) is 24.1 Å². The number of carbonyl (C=O) groups is 4. The molecule has 0 unspecified atom stereocenters. The van der Waals surface area contributed by atoms with Gasteiger partial charge in [0.15, 0.2) is 6.61 Å². The summed E-state index contributed by atoms with van der Waals surface area (Å²) in [5.41, 5.74) is 0.584. The number of ether oxygens (including phenoxy) is 1. The topological polar surface area (TPSA) is 92.8 Å². The number of para-hydroxylation sites is 1. The number of hydrogen-bond acceptors (Lipinski definition) is 5. The highest BCUT2D eigenvalue weighted by atomic mass is 79.9. The Kier molecular flexibility index (Phi) is 6.31. The summed E-state index contributed by atoms with van der Waals surface area (Å²) in [4.78, 5) is 50.0. The zero-order valence-electron chi connectivity index (χ0n) is 14.3. The van der Waals surface area contributed by atoms with Crippen molar-refractivity contribution in [2.75, 3.05) is 18.5 Å². The molecule has 1 N–H and O–H groups in total. The van der Waals surface area contributed by atoms with Gasteiger partial charge in [-0.2, -0.15) is 0 Å². The van der Waals surface area contributed by atoms with Gasteiger partial charge >= 0.3 is 5.97 Å². The number of nitrogens with zero attached hydrogens (tertiary/aromatic N) is 1. The molecule has 2 aliphatic rings. The van der Waals surface area contributed by atoms with Crippen LogP contribution in [0.4, 0.5) is 5.69 Å². The predicted molar refractivity (Wildman–Crippen MR) is 104 cm³/mol. The van der Waals surface area contributed by atoms with Crippen LogP contribution in [-0.4, -0.2) is 51.4 Å². The van der Waals surface area contributed by atoms with Crippen molar-refractivity contribution >= 4 is 61.2 Å². The van der Waals surface area contributed by atoms with Crippen molar-refractivity contribution in [1.82, 2.24) is 4.90 Å². The summed E-state index contributed by atoms with van der Waals surface area (Å²) in [6, 6.07) is 8.75. The monoisotopic (exact) mass is 500 g/mol. The molecule has 9 heteroatoms. The lowest BCUT2D eigenvalue weighted by Crippen LogP contribution is -2.37. The van der Waals surface area contributed by atoms with Crippen LogP contribution in [0.25, 0.3) is 0 Å². The molecule has 0 bridgehead atoms. The van der Waals surface area contributed by atoms with E-state index in [-0.39, 0.29) is 21.5 Å². The molecule has 2 fully saturated rings. The molecular formula is C18H18Br2N2O5. The lowest BCUT2D eigenvalue weighted by Gasteiger charge is -2.29. The van der Waals surface area contributed by atoms with Gasteiger partial charge in [0, 0.05) is 15.3 Å². The number of carbonyl (C=O) groups excluding carboxylic acids is 4. The van der Waals surface area contributed by atoms with E-state index < -0.39 is 36.9 Å². The number of alkyl halides is 2. The second-order valence-electron chi connectivity index (χ2n) is 6.55. The second kappa shape index (κ2) is 8.52. The average molecular weight is 502 g/mol. The van der Waals surface area contributed by atoms with Crippen molar-refractivity contribution in [2.24, 2.45) is 11.8 Å². The van der Waals surface area contributed by atoms with Gasteiger partial charge in [0.1, 0.15) is 6.54 Å². The van der Waals surface area contributed by atoms with Crippen molar-refractivity contribution < 1.29 is 23.9 Å². The zero-order chi connectivity index (χ0) is 19.6. The van der Waals surface area contributed by atoms with Crippen LogP contribution in [0.5, 0.6) is 0 Å². The number of nitrogens with one attached hydrogen (secondary N) is 1. The average Bonchev–Trinajstić information content (AvgIpc) is 2.86. The third-order valence-corrected chi connectivity index (χ3v) is 7.45. The van der Waals surface area contributed by atoms with Crippen LogP contribution < -0.4 is 5.32 Å². The van der Waals surface area contributed by atoms with Crippen molar-refractivity contribution in [3.05, 3.63) is 30.3 Å². The molecule has 7 nitrogen and oxygen atoms in total. The van der Waals surface area contributed by atoms with E-state index in [1.807, 2.05) is 6.07 Å². The first-order valence-electron chi connectivity index (χ1n) is 8.50. The zero-order valence-corrected chi connectivity index (χ0v) is 17.4. The fourth-order valence-corrected chi connectivity index (χ4v) is 4.60. The van der Waals surface area contributed by atoms with Crippen LogP contribution in [0.2, 0.25) is 0 Å². The molecule has 1 saturated heterocycles. The number of anilines is 1. The van der Waals surface area contributed by atoms with Crippen LogP contribution in [0.1, 0.15) is 12.8 Å². The van der Waals surface area contributed by atoms with E-state index in [0.717, 1.165) is 4.90 Å². The number of hydrogen-bond donors (Lipinski definition) is 1. The Morgan fingerprint density at radius 1 is 1.04 bits per heavy atom. The van der Waals surface area contributed by atoms with Crippen LogP contribution in [0.3, 0.4) is 0 Å². The summed E-state index contributed by atoms with van der Waals surface area (Å²) in [7, 11) is 0. The van der Waals surface area contributed by atoms with E-state index in [1.54, 1.807) is 24.3 Å². The van der Waals surface area contributed by atoms with Gasteiger partial charge in [0.2, 0.25) is 11.8 Å². The quantitative estimate of drug-likeness (QED) is 0.379. The summed E-state index contributed by atoms with van der Waals surface area (Å²) in [6.07, 6.45) is 1.08. The summed E-state index contributed by atoms with van der Waals surface area (Å²) < 4.78 is 4.91. The molecular weight excluding hydrogens is 484 g/mol. The number of halogens is 2. The number of imide groups is 1. The maximum atomic E-state index is 12.5. The normalized spacial score (nSPS) is 27.3. The molecule has 1 saturated carbocycles. The van der Waals surface area contributed by atoms with Crippen LogP contribution >= 0.6 is 31.9 Å². The minimum absolute atomic E-state index is 0.101. The van der Waals surface area contributed by atoms with E-state index in [1.165, 1.54) is 0 Å². The fourth-order valence-electron chi connectivity index (χ4n) is 3.36. The second-order valence-corrected chi connectivity index (χ2v) is 8.91. The fraction of sp³-hybridized carbons (Fsp3) is 0.444. The molecule has 3 rings (SSSR count). The Hall–Kier alpha value is -1.74. The molecule has 1 aromatic rings. The van der Waals surface area contributed by atoms with E-state index in [9.17, 15) is 19.2 Å². The van der Waals surface area contributed by atoms with Gasteiger partial charge in [-0.25, -0.2) is 0 Å². The Balaban J connectivity index is 1.51. The first-order chi connectivity index (χ1) is 12.9. The lowest BCUT2D eigenvalue weighted by atomic mass is 9.81. The first-order valence-corrected chi connectivity index (χ1v) is 10.3. The number of benzene rings is 1. The van der Waals surface area contributed by atoms with E-state index in [2.05, 4.69) is 37.2 Å². The molecule has 0 radical (unpaired) electrons. The third-order valence-electron chi connectivity index (χ3n) is 4.71. The highest BCUT2D eigenvalue weighted by molar-refractivity contribution is 9.12. The molecule has 0 aromatic heterocycles. The Morgan fingerprint density at radius 3 is 2.15 bits per heavy atom. The molecule has 3 amide bonds. The van der Waals surface area contributed by atoms with Gasteiger partial charge in [-0.1, -0.05) is 50.1 Å². The van der Waals surface area contributed by atoms with Crippen molar-refractivity contribution in [3.63, 3.8) is 0 Å². The summed E-state index contributed by atoms with van der Waals surface area (Å²) in [6.45, 7) is -0.951. The van der Waals surface area contributed by atoms with Crippen LogP contribution in [0, 0.1) is 11.8 Å². The smallest absolute Gasteiger partial charge is 0.326 e. The number of rotatable bonds is 5. The van der Waals surface area contributed by atoms with E-state index in [4.69, 9.17) is 4.74 Å². The largest absolute Gasteiger partial charge is 0.454 e.